The predicted octanol–water partition coefficient (Wildman–Crippen LogP) is 4.84. The van der Waals surface area contributed by atoms with Crippen LogP contribution in [-0.2, 0) is 4.79 Å². The number of carbonyl (C=O) groups is 1. The number of aromatic nitrogens is 4. The summed E-state index contributed by atoms with van der Waals surface area (Å²) in [5, 5.41) is 15.2. The third-order valence-corrected chi connectivity index (χ3v) is 5.58. The summed E-state index contributed by atoms with van der Waals surface area (Å²) in [7, 11) is 0. The summed E-state index contributed by atoms with van der Waals surface area (Å²) >= 11 is 0. The minimum Gasteiger partial charge on any atom is -0.326 e. The van der Waals surface area contributed by atoms with Gasteiger partial charge in [0.15, 0.2) is 5.82 Å². The summed E-state index contributed by atoms with van der Waals surface area (Å²) in [6.07, 6.45) is 2.57. The van der Waals surface area contributed by atoms with E-state index in [9.17, 15) is 4.79 Å². The molecule has 0 bridgehead atoms. The first-order valence-electron chi connectivity index (χ1n) is 10.6. The average molecular weight is 409 g/mol. The third-order valence-electron chi connectivity index (χ3n) is 5.58. The maximum absolute atomic E-state index is 13.0. The van der Waals surface area contributed by atoms with E-state index in [-0.39, 0.29) is 11.8 Å². The molecule has 0 atom stereocenters. The fourth-order valence-corrected chi connectivity index (χ4v) is 3.88. The Morgan fingerprint density at radius 3 is 2.26 bits per heavy atom. The smallest absolute Gasteiger partial charge is 0.225 e. The minimum atomic E-state index is -0.0309. The van der Waals surface area contributed by atoms with Gasteiger partial charge >= 0.3 is 0 Å². The molecule has 0 spiro atoms. The highest BCUT2D eigenvalue weighted by Crippen LogP contribution is 2.37. The number of hydrogen-bond donors (Lipinski definition) is 1. The Morgan fingerprint density at radius 2 is 1.61 bits per heavy atom. The van der Waals surface area contributed by atoms with E-state index in [1.54, 1.807) is 0 Å². The summed E-state index contributed by atoms with van der Waals surface area (Å²) in [6.45, 7) is 0. The van der Waals surface area contributed by atoms with E-state index in [0.29, 0.717) is 12.5 Å². The van der Waals surface area contributed by atoms with Crippen LogP contribution in [0, 0.1) is 0 Å². The summed E-state index contributed by atoms with van der Waals surface area (Å²) in [5.74, 6) is 0.703. The van der Waals surface area contributed by atoms with Crippen molar-refractivity contribution >= 4 is 11.6 Å². The van der Waals surface area contributed by atoms with Crippen molar-refractivity contribution in [2.75, 3.05) is 5.32 Å². The zero-order chi connectivity index (χ0) is 21.0. The Balaban J connectivity index is 1.35. The summed E-state index contributed by atoms with van der Waals surface area (Å²) in [6, 6.07) is 28.4. The van der Waals surface area contributed by atoms with Crippen LogP contribution in [-0.4, -0.2) is 26.1 Å². The normalized spacial score (nSPS) is 13.3. The molecule has 1 fully saturated rings. The van der Waals surface area contributed by atoms with Gasteiger partial charge in [-0.25, -0.2) is 4.68 Å². The maximum Gasteiger partial charge on any atom is 0.225 e. The first-order valence-corrected chi connectivity index (χ1v) is 10.6. The molecule has 6 heteroatoms. The first-order chi connectivity index (χ1) is 15.3. The van der Waals surface area contributed by atoms with Crippen LogP contribution >= 0.6 is 0 Å². The number of nitrogens with zero attached hydrogens (tertiary/aromatic N) is 4. The van der Waals surface area contributed by atoms with Crippen LogP contribution in [0.25, 0.3) is 11.4 Å². The number of benzene rings is 3. The molecule has 0 unspecified atom stereocenters. The van der Waals surface area contributed by atoms with Crippen LogP contribution in [0.15, 0.2) is 84.9 Å². The average Bonchev–Trinajstić information content (AvgIpc) is 3.55. The molecular weight excluding hydrogens is 386 g/mol. The number of rotatable bonds is 7. The van der Waals surface area contributed by atoms with Crippen molar-refractivity contribution < 1.29 is 4.79 Å². The third kappa shape index (κ3) is 4.38. The number of carbonyl (C=O) groups excluding carboxylic acids is 1. The molecule has 1 aliphatic carbocycles. The molecule has 1 aliphatic rings. The maximum atomic E-state index is 13.0. The van der Waals surface area contributed by atoms with E-state index < -0.39 is 0 Å². The van der Waals surface area contributed by atoms with Gasteiger partial charge in [0.05, 0.1) is 6.04 Å². The quantitative estimate of drug-likeness (QED) is 0.474. The Kier molecular flexibility index (Phi) is 5.27. The standard InChI is InChI=1S/C25H23N5O/c31-24(17-23(18-8-3-1-4-9-18)19-10-5-2-6-11-19)26-21-13-7-12-20(16-21)25-27-28-29-30(25)22-14-15-22/h1-13,16,22-23H,14-15,17H2,(H,26,31). The lowest BCUT2D eigenvalue weighted by atomic mass is 9.88. The summed E-state index contributed by atoms with van der Waals surface area (Å²) in [5.41, 5.74) is 3.90. The Morgan fingerprint density at radius 1 is 0.935 bits per heavy atom. The van der Waals surface area contributed by atoms with Crippen molar-refractivity contribution in [3.63, 3.8) is 0 Å². The van der Waals surface area contributed by atoms with Gasteiger partial charge < -0.3 is 5.32 Å². The molecule has 3 aromatic carbocycles. The zero-order valence-electron chi connectivity index (χ0n) is 17.1. The molecule has 1 aromatic heterocycles. The van der Waals surface area contributed by atoms with Crippen LogP contribution in [0.5, 0.6) is 0 Å². The molecule has 0 aliphatic heterocycles. The van der Waals surface area contributed by atoms with Gasteiger partial charge in [-0.2, -0.15) is 0 Å². The Bertz CT molecular complexity index is 1130. The lowest BCUT2D eigenvalue weighted by Gasteiger charge is -2.18. The van der Waals surface area contributed by atoms with E-state index in [1.807, 2.05) is 65.3 Å². The molecule has 1 saturated carbocycles. The molecule has 31 heavy (non-hydrogen) atoms. The lowest BCUT2D eigenvalue weighted by molar-refractivity contribution is -0.116. The molecule has 4 aromatic rings. The topological polar surface area (TPSA) is 72.7 Å². The van der Waals surface area contributed by atoms with Crippen molar-refractivity contribution in [3.05, 3.63) is 96.1 Å². The van der Waals surface area contributed by atoms with Crippen molar-refractivity contribution in [1.82, 2.24) is 20.2 Å². The van der Waals surface area contributed by atoms with Crippen LogP contribution < -0.4 is 5.32 Å². The van der Waals surface area contributed by atoms with Crippen LogP contribution in [0.3, 0.4) is 0 Å². The monoisotopic (exact) mass is 409 g/mol. The van der Waals surface area contributed by atoms with Crippen LogP contribution in [0.4, 0.5) is 5.69 Å². The number of nitrogens with one attached hydrogen (secondary N) is 1. The molecule has 0 saturated heterocycles. The zero-order valence-corrected chi connectivity index (χ0v) is 17.1. The second kappa shape index (κ2) is 8.52. The Labute approximate surface area is 180 Å². The first kappa shape index (κ1) is 19.2. The number of tetrazole rings is 1. The fourth-order valence-electron chi connectivity index (χ4n) is 3.88. The number of amides is 1. The highest BCUT2D eigenvalue weighted by Gasteiger charge is 2.28. The molecule has 1 heterocycles. The van der Waals surface area contributed by atoms with E-state index in [4.69, 9.17) is 0 Å². The second-order valence-electron chi connectivity index (χ2n) is 7.89. The SMILES string of the molecule is O=C(CC(c1ccccc1)c1ccccc1)Nc1cccc(-c2nnnn2C2CC2)c1. The molecular formula is C25H23N5O. The molecule has 154 valence electrons. The molecule has 6 nitrogen and oxygen atoms in total. The number of anilines is 1. The van der Waals surface area contributed by atoms with Gasteiger partial charge in [-0.15, -0.1) is 5.10 Å². The molecule has 0 radical (unpaired) electrons. The summed E-state index contributed by atoms with van der Waals surface area (Å²) < 4.78 is 1.88. The molecule has 1 N–H and O–H groups in total. The van der Waals surface area contributed by atoms with Crippen LogP contribution in [0.2, 0.25) is 0 Å². The lowest BCUT2D eigenvalue weighted by Crippen LogP contribution is -2.16. The van der Waals surface area contributed by atoms with Gasteiger partial charge in [0, 0.05) is 23.6 Å². The highest BCUT2D eigenvalue weighted by molar-refractivity contribution is 5.92. The highest BCUT2D eigenvalue weighted by atomic mass is 16.1. The second-order valence-corrected chi connectivity index (χ2v) is 7.89. The van der Waals surface area contributed by atoms with Crippen molar-refractivity contribution in [1.29, 1.82) is 0 Å². The molecule has 1 amide bonds. The van der Waals surface area contributed by atoms with Gasteiger partial charge in [-0.3, -0.25) is 4.79 Å². The minimum absolute atomic E-state index is 0.00671. The van der Waals surface area contributed by atoms with Gasteiger partial charge in [0.25, 0.3) is 0 Å². The van der Waals surface area contributed by atoms with Gasteiger partial charge in [-0.05, 0) is 46.5 Å². The fraction of sp³-hybridized carbons (Fsp3) is 0.200. The van der Waals surface area contributed by atoms with E-state index in [0.717, 1.165) is 41.0 Å². The van der Waals surface area contributed by atoms with E-state index in [2.05, 4.69) is 45.1 Å². The Hall–Kier alpha value is -3.80. The predicted molar refractivity (Wildman–Crippen MR) is 119 cm³/mol. The van der Waals surface area contributed by atoms with Crippen LogP contribution in [0.1, 0.15) is 42.3 Å². The van der Waals surface area contributed by atoms with Crippen molar-refractivity contribution in [2.45, 2.75) is 31.2 Å². The number of hydrogen-bond acceptors (Lipinski definition) is 4. The van der Waals surface area contributed by atoms with Crippen molar-refractivity contribution in [3.8, 4) is 11.4 Å². The van der Waals surface area contributed by atoms with E-state index in [1.165, 1.54) is 0 Å². The van der Waals surface area contributed by atoms with Crippen molar-refractivity contribution in [2.24, 2.45) is 0 Å². The van der Waals surface area contributed by atoms with Gasteiger partial charge in [0.1, 0.15) is 0 Å². The molecule has 5 rings (SSSR count). The largest absolute Gasteiger partial charge is 0.326 e. The van der Waals surface area contributed by atoms with Gasteiger partial charge in [-0.1, -0.05) is 72.8 Å². The van der Waals surface area contributed by atoms with E-state index >= 15 is 0 Å². The summed E-state index contributed by atoms with van der Waals surface area (Å²) in [4.78, 5) is 13.0. The van der Waals surface area contributed by atoms with Gasteiger partial charge in [0.2, 0.25) is 5.91 Å².